The first-order chi connectivity index (χ1) is 17.8. The van der Waals surface area contributed by atoms with Crippen LogP contribution in [0.5, 0.6) is 5.75 Å². The van der Waals surface area contributed by atoms with Crippen LogP contribution in [0.25, 0.3) is 0 Å². The smallest absolute Gasteiger partial charge is 0.241 e. The summed E-state index contributed by atoms with van der Waals surface area (Å²) in [4.78, 5) is 3.33. The minimum Gasteiger partial charge on any atom is -0.760 e. The van der Waals surface area contributed by atoms with Gasteiger partial charge in [0.15, 0.2) is 0 Å². The fourth-order valence-corrected chi connectivity index (χ4v) is 7.93. The highest BCUT2D eigenvalue weighted by atomic mass is 32.2. The van der Waals surface area contributed by atoms with Crippen LogP contribution in [0.15, 0.2) is 75.5 Å². The van der Waals surface area contributed by atoms with Gasteiger partial charge in [0.2, 0.25) is 10.0 Å². The average Bonchev–Trinajstić information content (AvgIpc) is 3.57. The van der Waals surface area contributed by atoms with Gasteiger partial charge in [-0.3, -0.25) is 4.21 Å². The maximum Gasteiger partial charge on any atom is 0.241 e. The maximum atomic E-state index is 13.5. The van der Waals surface area contributed by atoms with Crippen LogP contribution in [0.4, 0.5) is 5.69 Å². The van der Waals surface area contributed by atoms with Crippen molar-refractivity contribution in [2.75, 3.05) is 25.1 Å². The third-order valence-electron chi connectivity index (χ3n) is 6.30. The highest BCUT2D eigenvalue weighted by molar-refractivity contribution is 8.02. The number of benzene rings is 1. The van der Waals surface area contributed by atoms with Gasteiger partial charge in [-0.15, -0.1) is 23.1 Å². The molecule has 0 saturated carbocycles. The fraction of sp³-hybridized carbons (Fsp3) is 0.333. The van der Waals surface area contributed by atoms with E-state index < -0.39 is 27.3 Å². The predicted octanol–water partition coefficient (Wildman–Crippen LogP) is 3.13. The highest BCUT2D eigenvalue weighted by Crippen LogP contribution is 2.38. The fourth-order valence-electron chi connectivity index (χ4n) is 4.36. The monoisotopic (exact) mass is 579 g/mol. The van der Waals surface area contributed by atoms with Crippen LogP contribution in [-0.2, 0) is 21.3 Å². The molecule has 2 aromatic rings. The summed E-state index contributed by atoms with van der Waals surface area (Å²) in [6, 6.07) is 8.13. The second-order valence-corrected chi connectivity index (χ2v) is 13.2. The van der Waals surface area contributed by atoms with E-state index in [1.54, 1.807) is 47.4 Å². The molecule has 0 bridgehead atoms. The third kappa shape index (κ3) is 6.30. The molecule has 1 aromatic heterocycles. The zero-order chi connectivity index (χ0) is 26.0. The van der Waals surface area contributed by atoms with Crippen LogP contribution in [0.1, 0.15) is 23.1 Å². The lowest BCUT2D eigenvalue weighted by Gasteiger charge is -2.28. The van der Waals surface area contributed by atoms with Gasteiger partial charge in [0.05, 0.1) is 23.2 Å². The number of nitrogens with one attached hydrogen (secondary N) is 3. The Balaban J connectivity index is 1.37. The largest absolute Gasteiger partial charge is 0.760 e. The molecule has 0 radical (unpaired) electrons. The van der Waals surface area contributed by atoms with Gasteiger partial charge in [-0.2, -0.15) is 0 Å². The van der Waals surface area contributed by atoms with E-state index in [9.17, 15) is 17.2 Å². The van der Waals surface area contributed by atoms with E-state index in [1.807, 2.05) is 41.0 Å². The number of hydrogen-bond donors (Lipinski definition) is 3. The van der Waals surface area contributed by atoms with E-state index in [-0.39, 0.29) is 16.3 Å². The lowest BCUT2D eigenvalue weighted by Crippen LogP contribution is -2.40. The molecule has 3 aliphatic rings. The van der Waals surface area contributed by atoms with E-state index in [0.29, 0.717) is 25.2 Å². The Morgan fingerprint density at radius 2 is 2.22 bits per heavy atom. The standard InChI is InChI=1S/C24H28N4O5S4/c1-28-10-11-33-22-14-18(8-9-21(22)28)37(31,32)27-19(13-16-4-6-17(7-5-16)26-36(29)30)20-15-35-24(25-20)23-3-2-12-34-23/h2-6,8-9,12,14-15,17,19,24-27H,7,10-11,13H2,1H3,(H,29,30)/p-1/t17?,19-,24?/m0/s1. The molecule has 1 aromatic carbocycles. The lowest BCUT2D eigenvalue weighted by atomic mass is 9.97. The molecule has 4 atom stereocenters. The first-order valence-electron chi connectivity index (χ1n) is 11.7. The normalized spacial score (nSPS) is 22.9. The van der Waals surface area contributed by atoms with Gasteiger partial charge in [-0.25, -0.2) is 17.9 Å². The van der Waals surface area contributed by atoms with Crippen molar-refractivity contribution < 1.29 is 21.9 Å². The molecule has 0 saturated heterocycles. The summed E-state index contributed by atoms with van der Waals surface area (Å²) >= 11 is 0.902. The van der Waals surface area contributed by atoms with Crippen LogP contribution in [0.3, 0.4) is 0 Å². The summed E-state index contributed by atoms with van der Waals surface area (Å²) < 4.78 is 60.1. The second-order valence-electron chi connectivity index (χ2n) is 8.86. The van der Waals surface area contributed by atoms with Crippen molar-refractivity contribution in [2.24, 2.45) is 0 Å². The van der Waals surface area contributed by atoms with Gasteiger partial charge in [0.1, 0.15) is 17.7 Å². The van der Waals surface area contributed by atoms with E-state index in [4.69, 9.17) is 4.74 Å². The summed E-state index contributed by atoms with van der Waals surface area (Å²) in [5.41, 5.74) is 2.57. The number of allylic oxidation sites excluding steroid dienone is 1. The SMILES string of the molecule is CN1CCOc2cc(S(=O)(=O)N[C@@H](CC3=CCC(NS(=O)[O-])C=C3)C3=CSC(c4cccs4)N3)ccc21. The Morgan fingerprint density at radius 1 is 1.35 bits per heavy atom. The zero-order valence-corrected chi connectivity index (χ0v) is 23.2. The Kier molecular flexibility index (Phi) is 8.10. The number of hydrogen-bond acceptors (Lipinski definition) is 9. The predicted molar refractivity (Wildman–Crippen MR) is 147 cm³/mol. The third-order valence-corrected chi connectivity index (χ3v) is 10.4. The molecular weight excluding hydrogens is 553 g/mol. The van der Waals surface area contributed by atoms with E-state index in [0.717, 1.165) is 28.4 Å². The molecule has 3 heterocycles. The van der Waals surface area contributed by atoms with Gasteiger partial charge in [-0.05, 0) is 41.8 Å². The molecule has 9 nitrogen and oxygen atoms in total. The van der Waals surface area contributed by atoms with Crippen LogP contribution in [0, 0.1) is 0 Å². The van der Waals surface area contributed by atoms with Crippen molar-refractivity contribution >= 4 is 50.1 Å². The Bertz CT molecular complexity index is 1360. The number of ether oxygens (including phenoxy) is 1. The summed E-state index contributed by atoms with van der Waals surface area (Å²) in [6.07, 6.45) is 6.47. The molecule has 1 aliphatic carbocycles. The second kappa shape index (κ2) is 11.3. The van der Waals surface area contributed by atoms with Crippen LogP contribution < -0.4 is 24.4 Å². The van der Waals surface area contributed by atoms with Gasteiger partial charge in [-0.1, -0.05) is 29.9 Å². The van der Waals surface area contributed by atoms with Gasteiger partial charge >= 0.3 is 0 Å². The van der Waals surface area contributed by atoms with Crippen molar-refractivity contribution in [1.29, 1.82) is 0 Å². The molecule has 2 aliphatic heterocycles. The summed E-state index contributed by atoms with van der Waals surface area (Å²) in [7, 11) is -1.93. The van der Waals surface area contributed by atoms with Gasteiger partial charge in [0.25, 0.3) is 0 Å². The Hall–Kier alpha value is -2.13. The molecule has 0 spiro atoms. The first kappa shape index (κ1) is 26.5. The molecule has 5 rings (SSSR count). The minimum atomic E-state index is -3.88. The summed E-state index contributed by atoms with van der Waals surface area (Å²) in [5.74, 6) is 0.548. The molecule has 0 fully saturated rings. The molecule has 37 heavy (non-hydrogen) atoms. The lowest BCUT2D eigenvalue weighted by molar-refractivity contribution is 0.310. The van der Waals surface area contributed by atoms with Crippen molar-refractivity contribution in [2.45, 2.75) is 35.2 Å². The van der Waals surface area contributed by atoms with E-state index in [1.165, 1.54) is 0 Å². The van der Waals surface area contributed by atoms with Crippen molar-refractivity contribution in [1.82, 2.24) is 14.8 Å². The van der Waals surface area contributed by atoms with Crippen LogP contribution in [-0.4, -0.2) is 49.5 Å². The Labute approximate surface area is 227 Å². The number of thioether (sulfide) groups is 1. The number of anilines is 1. The number of sulfonamides is 1. The number of rotatable bonds is 9. The summed E-state index contributed by atoms with van der Waals surface area (Å²) in [5, 5.41) is 7.49. The number of likely N-dealkylation sites (N-methyl/N-ethyl adjacent to an activating group) is 1. The van der Waals surface area contributed by atoms with Crippen LogP contribution in [0.2, 0.25) is 0 Å². The van der Waals surface area contributed by atoms with Crippen molar-refractivity contribution in [3.05, 3.63) is 75.5 Å². The van der Waals surface area contributed by atoms with Crippen LogP contribution >= 0.6 is 23.1 Å². The molecule has 0 amide bonds. The van der Waals surface area contributed by atoms with Crippen molar-refractivity contribution in [3.63, 3.8) is 0 Å². The summed E-state index contributed by atoms with van der Waals surface area (Å²) in [6.45, 7) is 1.24. The van der Waals surface area contributed by atoms with E-state index >= 15 is 0 Å². The van der Waals surface area contributed by atoms with Crippen molar-refractivity contribution in [3.8, 4) is 5.75 Å². The topological polar surface area (TPSA) is 123 Å². The molecule has 13 heteroatoms. The van der Waals surface area contributed by atoms with Gasteiger partial charge in [0, 0.05) is 41.0 Å². The zero-order valence-electron chi connectivity index (χ0n) is 20.0. The average molecular weight is 580 g/mol. The molecule has 3 unspecified atom stereocenters. The molecule has 3 N–H and O–H groups in total. The highest BCUT2D eigenvalue weighted by Gasteiger charge is 2.30. The first-order valence-corrected chi connectivity index (χ1v) is 16.0. The quantitative estimate of drug-likeness (QED) is 0.388. The maximum absolute atomic E-state index is 13.5. The van der Waals surface area contributed by atoms with Gasteiger partial charge < -0.3 is 19.5 Å². The minimum absolute atomic E-state index is 0.0196. The molecular formula is C24H27N4O5S4-. The van der Waals surface area contributed by atoms with E-state index in [2.05, 4.69) is 20.8 Å². The molecule has 198 valence electrons. The number of nitrogens with zero attached hydrogens (tertiary/aromatic N) is 1. The Morgan fingerprint density at radius 3 is 2.95 bits per heavy atom. The number of fused-ring (bicyclic) bond motifs is 1. The number of thiophene rings is 1.